The summed E-state index contributed by atoms with van der Waals surface area (Å²) in [7, 11) is 0. The molecule has 0 aromatic carbocycles. The minimum atomic E-state index is 0.599. The van der Waals surface area contributed by atoms with Gasteiger partial charge in [0.2, 0.25) is 0 Å². The summed E-state index contributed by atoms with van der Waals surface area (Å²) >= 11 is 0. The molecular weight excluding hydrogens is 212 g/mol. The molecule has 1 saturated heterocycles. The number of piperidine rings is 1. The van der Waals surface area contributed by atoms with Gasteiger partial charge in [-0.1, -0.05) is 6.42 Å². The lowest BCUT2D eigenvalue weighted by Crippen LogP contribution is -2.42. The molecule has 0 saturated carbocycles. The third-order valence-electron chi connectivity index (χ3n) is 3.44. The Morgan fingerprint density at radius 2 is 2.35 bits per heavy atom. The van der Waals surface area contributed by atoms with Crippen molar-refractivity contribution in [1.29, 1.82) is 5.26 Å². The fourth-order valence-corrected chi connectivity index (χ4v) is 2.55. The first-order valence-electron chi connectivity index (χ1n) is 6.48. The van der Waals surface area contributed by atoms with Crippen LogP contribution in [0.5, 0.6) is 0 Å². The van der Waals surface area contributed by atoms with E-state index in [9.17, 15) is 0 Å². The van der Waals surface area contributed by atoms with Crippen molar-refractivity contribution >= 4 is 0 Å². The third kappa shape index (κ3) is 3.57. The molecule has 1 aromatic rings. The number of likely N-dealkylation sites (tertiary alicyclic amines) is 1. The van der Waals surface area contributed by atoms with E-state index in [1.807, 2.05) is 23.1 Å². The number of hydrogen-bond donors (Lipinski definition) is 0. The number of rotatable bonds is 5. The molecule has 4 nitrogen and oxygen atoms in total. The molecule has 1 aromatic heterocycles. The van der Waals surface area contributed by atoms with Crippen LogP contribution in [0.25, 0.3) is 0 Å². The maximum atomic E-state index is 8.59. The first kappa shape index (κ1) is 12.1. The van der Waals surface area contributed by atoms with Crippen molar-refractivity contribution in [2.45, 2.75) is 44.7 Å². The summed E-state index contributed by atoms with van der Waals surface area (Å²) in [5, 5.41) is 12.9. The summed E-state index contributed by atoms with van der Waals surface area (Å²) in [6, 6.07) is 4.80. The normalized spacial score (nSPS) is 21.2. The van der Waals surface area contributed by atoms with Gasteiger partial charge < -0.3 is 0 Å². The SMILES string of the molecule is N#CCCCN1CCCC[C@H]1Cn1cccn1. The van der Waals surface area contributed by atoms with E-state index >= 15 is 0 Å². The maximum Gasteiger partial charge on any atom is 0.0622 e. The highest BCUT2D eigenvalue weighted by Gasteiger charge is 2.22. The van der Waals surface area contributed by atoms with Crippen LogP contribution in [0.4, 0.5) is 0 Å². The average molecular weight is 232 g/mol. The van der Waals surface area contributed by atoms with E-state index in [-0.39, 0.29) is 0 Å². The van der Waals surface area contributed by atoms with Gasteiger partial charge in [0.15, 0.2) is 0 Å². The Labute approximate surface area is 103 Å². The lowest BCUT2D eigenvalue weighted by molar-refractivity contribution is 0.128. The van der Waals surface area contributed by atoms with Crippen molar-refractivity contribution in [3.8, 4) is 6.07 Å². The third-order valence-corrected chi connectivity index (χ3v) is 3.44. The lowest BCUT2D eigenvalue weighted by Gasteiger charge is -2.35. The molecule has 0 amide bonds. The van der Waals surface area contributed by atoms with Gasteiger partial charge in [-0.25, -0.2) is 0 Å². The largest absolute Gasteiger partial charge is 0.299 e. The molecule has 0 spiro atoms. The quantitative estimate of drug-likeness (QED) is 0.730. The van der Waals surface area contributed by atoms with Gasteiger partial charge in [-0.05, 0) is 38.4 Å². The minimum Gasteiger partial charge on any atom is -0.299 e. The number of nitrogens with zero attached hydrogens (tertiary/aromatic N) is 4. The van der Waals surface area contributed by atoms with Gasteiger partial charge in [0.05, 0.1) is 12.6 Å². The summed E-state index contributed by atoms with van der Waals surface area (Å²) in [5.74, 6) is 0. The Balaban J connectivity index is 1.86. The second-order valence-electron chi connectivity index (χ2n) is 4.68. The summed E-state index contributed by atoms with van der Waals surface area (Å²) in [6.45, 7) is 3.22. The zero-order valence-corrected chi connectivity index (χ0v) is 10.3. The van der Waals surface area contributed by atoms with Crippen LogP contribution in [0.15, 0.2) is 18.5 Å². The van der Waals surface area contributed by atoms with Crippen LogP contribution >= 0.6 is 0 Å². The van der Waals surface area contributed by atoms with Crippen LogP contribution in [0.3, 0.4) is 0 Å². The zero-order chi connectivity index (χ0) is 11.9. The van der Waals surface area contributed by atoms with Crippen LogP contribution in [-0.2, 0) is 6.54 Å². The number of unbranched alkanes of at least 4 members (excludes halogenated alkanes) is 1. The first-order chi connectivity index (χ1) is 8.40. The van der Waals surface area contributed by atoms with E-state index in [1.54, 1.807) is 0 Å². The molecule has 0 N–H and O–H groups in total. The molecule has 0 unspecified atom stereocenters. The molecule has 0 aliphatic carbocycles. The van der Waals surface area contributed by atoms with E-state index < -0.39 is 0 Å². The van der Waals surface area contributed by atoms with Gasteiger partial charge in [0, 0.05) is 24.9 Å². The Kier molecular flexibility index (Phi) is 4.57. The van der Waals surface area contributed by atoms with E-state index in [1.165, 1.54) is 25.8 Å². The van der Waals surface area contributed by atoms with Crippen molar-refractivity contribution in [3.05, 3.63) is 18.5 Å². The summed E-state index contributed by atoms with van der Waals surface area (Å²) in [4.78, 5) is 2.53. The second kappa shape index (κ2) is 6.41. The Morgan fingerprint density at radius 3 is 3.12 bits per heavy atom. The fraction of sp³-hybridized carbons (Fsp3) is 0.692. The average Bonchev–Trinajstić information content (AvgIpc) is 2.84. The summed E-state index contributed by atoms with van der Waals surface area (Å²) in [5.41, 5.74) is 0. The molecule has 0 bridgehead atoms. The molecule has 1 atom stereocenters. The number of hydrogen-bond acceptors (Lipinski definition) is 3. The van der Waals surface area contributed by atoms with Crippen LogP contribution in [0.2, 0.25) is 0 Å². The van der Waals surface area contributed by atoms with Crippen molar-refractivity contribution in [2.75, 3.05) is 13.1 Å². The van der Waals surface area contributed by atoms with E-state index in [0.29, 0.717) is 12.5 Å². The molecule has 1 aliphatic heterocycles. The van der Waals surface area contributed by atoms with Gasteiger partial charge in [-0.2, -0.15) is 10.4 Å². The van der Waals surface area contributed by atoms with Gasteiger partial charge >= 0.3 is 0 Å². The maximum absolute atomic E-state index is 8.59. The molecule has 4 heteroatoms. The van der Waals surface area contributed by atoms with Gasteiger partial charge in [0.1, 0.15) is 0 Å². The summed E-state index contributed by atoms with van der Waals surface area (Å²) < 4.78 is 2.02. The predicted molar refractivity (Wildman–Crippen MR) is 66.3 cm³/mol. The molecule has 1 aliphatic rings. The zero-order valence-electron chi connectivity index (χ0n) is 10.3. The van der Waals surface area contributed by atoms with Crippen molar-refractivity contribution in [1.82, 2.24) is 14.7 Å². The molecule has 17 heavy (non-hydrogen) atoms. The Hall–Kier alpha value is -1.34. The molecule has 2 heterocycles. The van der Waals surface area contributed by atoms with Gasteiger partial charge in [0.25, 0.3) is 0 Å². The highest BCUT2D eigenvalue weighted by molar-refractivity contribution is 4.83. The first-order valence-corrected chi connectivity index (χ1v) is 6.48. The minimum absolute atomic E-state index is 0.599. The number of aromatic nitrogens is 2. The Bertz CT molecular complexity index is 352. The lowest BCUT2D eigenvalue weighted by atomic mass is 10.0. The van der Waals surface area contributed by atoms with Crippen LogP contribution in [-0.4, -0.2) is 33.8 Å². The molecule has 0 radical (unpaired) electrons. The highest BCUT2D eigenvalue weighted by atomic mass is 15.3. The standard InChI is InChI=1S/C13H20N4/c14-7-2-4-10-16-9-3-1-6-13(16)12-17-11-5-8-15-17/h5,8,11,13H,1-4,6,9-10,12H2/t13-/m0/s1. The monoisotopic (exact) mass is 232 g/mol. The Morgan fingerprint density at radius 1 is 1.41 bits per heavy atom. The van der Waals surface area contributed by atoms with E-state index in [0.717, 1.165) is 19.5 Å². The molecule has 1 fully saturated rings. The van der Waals surface area contributed by atoms with Gasteiger partial charge in [-0.3, -0.25) is 9.58 Å². The van der Waals surface area contributed by atoms with Crippen LogP contribution < -0.4 is 0 Å². The number of nitriles is 1. The predicted octanol–water partition coefficient (Wildman–Crippen LogP) is 2.04. The smallest absolute Gasteiger partial charge is 0.0622 e. The van der Waals surface area contributed by atoms with E-state index in [4.69, 9.17) is 5.26 Å². The topological polar surface area (TPSA) is 44.9 Å². The van der Waals surface area contributed by atoms with Gasteiger partial charge in [-0.15, -0.1) is 0 Å². The highest BCUT2D eigenvalue weighted by Crippen LogP contribution is 2.18. The second-order valence-corrected chi connectivity index (χ2v) is 4.68. The van der Waals surface area contributed by atoms with Crippen molar-refractivity contribution in [2.24, 2.45) is 0 Å². The molecule has 92 valence electrons. The van der Waals surface area contributed by atoms with E-state index in [2.05, 4.69) is 16.1 Å². The van der Waals surface area contributed by atoms with Crippen LogP contribution in [0, 0.1) is 11.3 Å². The van der Waals surface area contributed by atoms with Crippen LogP contribution in [0.1, 0.15) is 32.1 Å². The fourth-order valence-electron chi connectivity index (χ4n) is 2.55. The van der Waals surface area contributed by atoms with Crippen molar-refractivity contribution in [3.63, 3.8) is 0 Å². The molecule has 2 rings (SSSR count). The summed E-state index contributed by atoms with van der Waals surface area (Å²) in [6.07, 6.45) is 9.40. The molecular formula is C13H20N4. The van der Waals surface area contributed by atoms with Crippen molar-refractivity contribution < 1.29 is 0 Å².